The van der Waals surface area contributed by atoms with Gasteiger partial charge in [0.15, 0.2) is 0 Å². The highest BCUT2D eigenvalue weighted by molar-refractivity contribution is 9.10. The number of nitrogens with zero attached hydrogens (tertiary/aromatic N) is 1. The molecule has 0 heterocycles. The topological polar surface area (TPSA) is 69.2 Å². The Morgan fingerprint density at radius 1 is 1.60 bits per heavy atom. The Kier molecular flexibility index (Phi) is 2.75. The lowest BCUT2D eigenvalue weighted by atomic mass is 10.1. The minimum atomic E-state index is -0.368. The molecule has 0 aromatic heterocycles. The molecule has 0 radical (unpaired) electrons. The highest BCUT2D eigenvalue weighted by atomic mass is 79.9. The van der Waals surface area contributed by atoms with E-state index in [1.165, 1.54) is 0 Å². The predicted molar refractivity (Wildman–Crippen MR) is 60.7 cm³/mol. The van der Waals surface area contributed by atoms with Gasteiger partial charge in [-0.05, 0) is 52.4 Å². The third kappa shape index (κ3) is 2.03. The standard InChI is InChI=1S/C10H11BrN2O2/c11-9-2-1-6(4-10(9)13(14)15)8-3-7(8)5-12/h1-2,4,7-8H,3,5,12H2/t7-,8-/m0/s1. The van der Waals surface area contributed by atoms with Crippen LogP contribution >= 0.6 is 15.9 Å². The summed E-state index contributed by atoms with van der Waals surface area (Å²) < 4.78 is 0.529. The lowest BCUT2D eigenvalue weighted by molar-refractivity contribution is -0.385. The van der Waals surface area contributed by atoms with Gasteiger partial charge in [0.2, 0.25) is 0 Å². The molecule has 0 spiro atoms. The van der Waals surface area contributed by atoms with Gasteiger partial charge in [-0.15, -0.1) is 0 Å². The van der Waals surface area contributed by atoms with Crippen molar-refractivity contribution in [2.24, 2.45) is 11.7 Å². The third-order valence-corrected chi connectivity index (χ3v) is 3.49. The van der Waals surface area contributed by atoms with E-state index in [1.807, 2.05) is 6.07 Å². The van der Waals surface area contributed by atoms with Crippen LogP contribution in [0.3, 0.4) is 0 Å². The largest absolute Gasteiger partial charge is 0.330 e. The summed E-state index contributed by atoms with van der Waals surface area (Å²) in [4.78, 5) is 10.4. The van der Waals surface area contributed by atoms with Crippen LogP contribution in [-0.4, -0.2) is 11.5 Å². The van der Waals surface area contributed by atoms with Crippen molar-refractivity contribution >= 4 is 21.6 Å². The molecule has 15 heavy (non-hydrogen) atoms. The number of nitro benzene ring substituents is 1. The molecule has 1 aromatic rings. The van der Waals surface area contributed by atoms with Crippen molar-refractivity contribution in [2.75, 3.05) is 6.54 Å². The number of benzene rings is 1. The van der Waals surface area contributed by atoms with E-state index in [4.69, 9.17) is 5.73 Å². The Hall–Kier alpha value is -0.940. The maximum Gasteiger partial charge on any atom is 0.283 e. The van der Waals surface area contributed by atoms with E-state index >= 15 is 0 Å². The Labute approximate surface area is 95.7 Å². The Morgan fingerprint density at radius 2 is 2.33 bits per heavy atom. The molecule has 0 unspecified atom stereocenters. The molecule has 1 aliphatic rings. The molecular weight excluding hydrogens is 260 g/mol. The molecule has 4 nitrogen and oxygen atoms in total. The summed E-state index contributed by atoms with van der Waals surface area (Å²) >= 11 is 3.17. The van der Waals surface area contributed by atoms with Gasteiger partial charge in [0.25, 0.3) is 5.69 Å². The number of halogens is 1. The van der Waals surface area contributed by atoms with Crippen molar-refractivity contribution < 1.29 is 4.92 Å². The Morgan fingerprint density at radius 3 is 2.87 bits per heavy atom. The molecular formula is C10H11BrN2O2. The first-order chi connectivity index (χ1) is 7.13. The predicted octanol–water partition coefficient (Wildman–Crippen LogP) is 2.42. The Bertz CT molecular complexity index is 408. The summed E-state index contributed by atoms with van der Waals surface area (Å²) in [5.41, 5.74) is 6.71. The van der Waals surface area contributed by atoms with Gasteiger partial charge in [0, 0.05) is 6.07 Å². The van der Waals surface area contributed by atoms with Crippen LogP contribution in [0.15, 0.2) is 22.7 Å². The zero-order chi connectivity index (χ0) is 11.0. The van der Waals surface area contributed by atoms with Crippen LogP contribution in [0.4, 0.5) is 5.69 Å². The molecule has 1 fully saturated rings. The summed E-state index contributed by atoms with van der Waals surface area (Å²) in [6.07, 6.45) is 1.05. The maximum absolute atomic E-state index is 10.7. The summed E-state index contributed by atoms with van der Waals surface area (Å²) in [6, 6.07) is 5.31. The van der Waals surface area contributed by atoms with Crippen LogP contribution in [0.5, 0.6) is 0 Å². The zero-order valence-electron chi connectivity index (χ0n) is 8.02. The second-order valence-electron chi connectivity index (χ2n) is 3.81. The number of nitrogens with two attached hydrogens (primary N) is 1. The van der Waals surface area contributed by atoms with Crippen molar-refractivity contribution in [3.05, 3.63) is 38.3 Å². The van der Waals surface area contributed by atoms with Gasteiger partial charge in [0.05, 0.1) is 9.40 Å². The fourth-order valence-electron chi connectivity index (χ4n) is 1.82. The van der Waals surface area contributed by atoms with Crippen molar-refractivity contribution in [2.45, 2.75) is 12.3 Å². The summed E-state index contributed by atoms with van der Waals surface area (Å²) in [5, 5.41) is 10.7. The average Bonchev–Trinajstić information content (AvgIpc) is 2.97. The second kappa shape index (κ2) is 3.90. The zero-order valence-corrected chi connectivity index (χ0v) is 9.61. The SMILES string of the molecule is NC[C@@H]1C[C@H]1c1ccc(Br)c([N+](=O)[O-])c1. The van der Waals surface area contributed by atoms with Gasteiger partial charge in [-0.2, -0.15) is 0 Å². The van der Waals surface area contributed by atoms with Gasteiger partial charge in [-0.25, -0.2) is 0 Å². The van der Waals surface area contributed by atoms with Gasteiger partial charge >= 0.3 is 0 Å². The van der Waals surface area contributed by atoms with E-state index in [1.54, 1.807) is 12.1 Å². The van der Waals surface area contributed by atoms with E-state index in [9.17, 15) is 10.1 Å². The van der Waals surface area contributed by atoms with Crippen LogP contribution in [0.1, 0.15) is 17.9 Å². The lowest BCUT2D eigenvalue weighted by Gasteiger charge is -2.01. The molecule has 0 amide bonds. The van der Waals surface area contributed by atoms with Crippen LogP contribution in [0.2, 0.25) is 0 Å². The van der Waals surface area contributed by atoms with Gasteiger partial charge < -0.3 is 5.73 Å². The molecule has 5 heteroatoms. The molecule has 0 bridgehead atoms. The van der Waals surface area contributed by atoms with E-state index in [0.29, 0.717) is 22.9 Å². The number of hydrogen-bond donors (Lipinski definition) is 1. The highest BCUT2D eigenvalue weighted by Crippen LogP contribution is 2.47. The van der Waals surface area contributed by atoms with E-state index < -0.39 is 0 Å². The molecule has 0 aliphatic heterocycles. The fourth-order valence-corrected chi connectivity index (χ4v) is 2.21. The molecule has 2 atom stereocenters. The van der Waals surface area contributed by atoms with Crippen molar-refractivity contribution in [3.8, 4) is 0 Å². The van der Waals surface area contributed by atoms with Crippen molar-refractivity contribution in [3.63, 3.8) is 0 Å². The number of nitro groups is 1. The van der Waals surface area contributed by atoms with Gasteiger partial charge in [0.1, 0.15) is 0 Å². The van der Waals surface area contributed by atoms with Crippen molar-refractivity contribution in [1.29, 1.82) is 0 Å². The first-order valence-corrected chi connectivity index (χ1v) is 5.56. The summed E-state index contributed by atoms with van der Waals surface area (Å²) in [5.74, 6) is 0.924. The maximum atomic E-state index is 10.7. The smallest absolute Gasteiger partial charge is 0.283 e. The van der Waals surface area contributed by atoms with Gasteiger partial charge in [-0.1, -0.05) is 6.07 Å². The second-order valence-corrected chi connectivity index (χ2v) is 4.66. The summed E-state index contributed by atoms with van der Waals surface area (Å²) in [7, 11) is 0. The minimum Gasteiger partial charge on any atom is -0.330 e. The lowest BCUT2D eigenvalue weighted by Crippen LogP contribution is -2.02. The normalized spacial score (nSPS) is 23.9. The van der Waals surface area contributed by atoms with E-state index in [2.05, 4.69) is 15.9 Å². The summed E-state index contributed by atoms with van der Waals surface area (Å²) in [6.45, 7) is 0.661. The molecule has 1 saturated carbocycles. The van der Waals surface area contributed by atoms with E-state index in [0.717, 1.165) is 12.0 Å². The van der Waals surface area contributed by atoms with Crippen LogP contribution in [0, 0.1) is 16.0 Å². The number of rotatable bonds is 3. The minimum absolute atomic E-state index is 0.134. The van der Waals surface area contributed by atoms with Crippen LogP contribution in [0.25, 0.3) is 0 Å². The highest BCUT2D eigenvalue weighted by Gasteiger charge is 2.37. The fraction of sp³-hybridized carbons (Fsp3) is 0.400. The van der Waals surface area contributed by atoms with Crippen LogP contribution < -0.4 is 5.73 Å². The molecule has 2 N–H and O–H groups in total. The first kappa shape index (κ1) is 10.6. The van der Waals surface area contributed by atoms with Crippen molar-refractivity contribution in [1.82, 2.24) is 0 Å². The third-order valence-electron chi connectivity index (χ3n) is 2.82. The van der Waals surface area contributed by atoms with E-state index in [-0.39, 0.29) is 10.6 Å². The quantitative estimate of drug-likeness (QED) is 0.678. The Balaban J connectivity index is 2.28. The number of hydrogen-bond acceptors (Lipinski definition) is 3. The first-order valence-electron chi connectivity index (χ1n) is 4.77. The molecule has 0 saturated heterocycles. The van der Waals surface area contributed by atoms with Gasteiger partial charge in [-0.3, -0.25) is 10.1 Å². The average molecular weight is 271 g/mol. The molecule has 1 aliphatic carbocycles. The monoisotopic (exact) mass is 270 g/mol. The molecule has 2 rings (SSSR count). The van der Waals surface area contributed by atoms with Crippen LogP contribution in [-0.2, 0) is 0 Å². The molecule has 80 valence electrons. The molecule has 1 aromatic carbocycles.